The summed E-state index contributed by atoms with van der Waals surface area (Å²) in [5, 5.41) is 20.0. The number of H-pyrrole nitrogens is 1. The van der Waals surface area contributed by atoms with Crippen LogP contribution in [-0.4, -0.2) is 26.0 Å². The number of hydrogen-bond acceptors (Lipinski definition) is 5. The SMILES string of the molecule is CC(C)c1nc(C(=O)Nc2cc(Cl)ccc2[N+](=O)[O-])n[nH]1. The topological polar surface area (TPSA) is 114 Å². The number of carbonyl (C=O) groups excluding carboxylic acids is 1. The molecule has 0 unspecified atom stereocenters. The van der Waals surface area contributed by atoms with Gasteiger partial charge in [0.15, 0.2) is 0 Å². The van der Waals surface area contributed by atoms with Crippen molar-refractivity contribution >= 4 is 28.9 Å². The minimum absolute atomic E-state index is 0.00611. The number of halogens is 1. The number of rotatable bonds is 4. The molecule has 21 heavy (non-hydrogen) atoms. The highest BCUT2D eigenvalue weighted by Crippen LogP contribution is 2.27. The number of anilines is 1. The van der Waals surface area contributed by atoms with E-state index in [2.05, 4.69) is 20.5 Å². The van der Waals surface area contributed by atoms with Gasteiger partial charge in [-0.25, -0.2) is 4.98 Å². The summed E-state index contributed by atoms with van der Waals surface area (Å²) in [7, 11) is 0. The van der Waals surface area contributed by atoms with Crippen LogP contribution in [0.1, 0.15) is 36.2 Å². The van der Waals surface area contributed by atoms with E-state index in [0.717, 1.165) is 0 Å². The molecule has 0 spiro atoms. The number of benzene rings is 1. The lowest BCUT2D eigenvalue weighted by atomic mass is 10.2. The van der Waals surface area contributed by atoms with Gasteiger partial charge >= 0.3 is 0 Å². The van der Waals surface area contributed by atoms with Gasteiger partial charge in [-0.2, -0.15) is 0 Å². The fourth-order valence-corrected chi connectivity index (χ4v) is 1.75. The largest absolute Gasteiger partial charge is 0.313 e. The third kappa shape index (κ3) is 3.34. The Balaban J connectivity index is 2.26. The molecule has 0 aliphatic carbocycles. The first-order valence-corrected chi connectivity index (χ1v) is 6.44. The number of nitro benzene ring substituents is 1. The summed E-state index contributed by atoms with van der Waals surface area (Å²) < 4.78 is 0. The first kappa shape index (κ1) is 14.9. The van der Waals surface area contributed by atoms with Crippen LogP contribution in [0.15, 0.2) is 18.2 Å². The van der Waals surface area contributed by atoms with Gasteiger partial charge in [-0.05, 0) is 12.1 Å². The Labute approximate surface area is 124 Å². The summed E-state index contributed by atoms with van der Waals surface area (Å²) in [6.45, 7) is 3.79. The van der Waals surface area contributed by atoms with Crippen LogP contribution in [0.25, 0.3) is 0 Å². The number of amides is 1. The van der Waals surface area contributed by atoms with Gasteiger partial charge in [0.2, 0.25) is 5.82 Å². The van der Waals surface area contributed by atoms with Crippen molar-refractivity contribution in [3.8, 4) is 0 Å². The third-order valence-corrected chi connectivity index (χ3v) is 2.89. The van der Waals surface area contributed by atoms with Gasteiger partial charge in [0.1, 0.15) is 11.5 Å². The standard InChI is InChI=1S/C12H12ClN5O3/c1-6(2)10-15-11(17-16-10)12(19)14-8-5-7(13)3-4-9(8)18(20)21/h3-6H,1-2H3,(H,14,19)(H,15,16,17). The zero-order valence-electron chi connectivity index (χ0n) is 11.3. The number of aromatic nitrogens is 3. The van der Waals surface area contributed by atoms with Crippen molar-refractivity contribution < 1.29 is 9.72 Å². The van der Waals surface area contributed by atoms with Crippen molar-refractivity contribution in [2.24, 2.45) is 0 Å². The van der Waals surface area contributed by atoms with Crippen LogP contribution < -0.4 is 5.32 Å². The molecule has 0 aliphatic heterocycles. The maximum atomic E-state index is 12.0. The molecule has 1 heterocycles. The first-order chi connectivity index (χ1) is 9.88. The number of aromatic amines is 1. The highest BCUT2D eigenvalue weighted by molar-refractivity contribution is 6.31. The second-order valence-corrected chi connectivity index (χ2v) is 5.01. The summed E-state index contributed by atoms with van der Waals surface area (Å²) in [6.07, 6.45) is 0. The second kappa shape index (κ2) is 5.88. The molecule has 1 aromatic carbocycles. The number of hydrogen-bond donors (Lipinski definition) is 2. The molecule has 2 aromatic rings. The Morgan fingerprint density at radius 3 is 2.76 bits per heavy atom. The van der Waals surface area contributed by atoms with E-state index in [1.807, 2.05) is 13.8 Å². The maximum Gasteiger partial charge on any atom is 0.295 e. The van der Waals surface area contributed by atoms with Crippen LogP contribution in [0, 0.1) is 10.1 Å². The van der Waals surface area contributed by atoms with E-state index in [1.54, 1.807) is 0 Å². The Kier molecular flexibility index (Phi) is 4.18. The van der Waals surface area contributed by atoms with E-state index < -0.39 is 10.8 Å². The van der Waals surface area contributed by atoms with Crippen molar-refractivity contribution in [3.05, 3.63) is 45.0 Å². The Hall–Kier alpha value is -2.48. The molecule has 1 aromatic heterocycles. The van der Waals surface area contributed by atoms with Gasteiger partial charge < -0.3 is 5.32 Å². The van der Waals surface area contributed by atoms with Crippen LogP contribution >= 0.6 is 11.6 Å². The fourth-order valence-electron chi connectivity index (χ4n) is 1.58. The van der Waals surface area contributed by atoms with Crippen molar-refractivity contribution in [2.45, 2.75) is 19.8 Å². The van der Waals surface area contributed by atoms with E-state index in [9.17, 15) is 14.9 Å². The van der Waals surface area contributed by atoms with Crippen molar-refractivity contribution in [1.82, 2.24) is 15.2 Å². The zero-order chi connectivity index (χ0) is 15.6. The van der Waals surface area contributed by atoms with Crippen molar-refractivity contribution in [3.63, 3.8) is 0 Å². The van der Waals surface area contributed by atoms with Crippen LogP contribution in [-0.2, 0) is 0 Å². The average molecular weight is 310 g/mol. The number of carbonyl (C=O) groups is 1. The predicted octanol–water partition coefficient (Wildman–Crippen LogP) is 2.74. The van der Waals surface area contributed by atoms with Gasteiger partial charge in [-0.15, -0.1) is 5.10 Å². The number of nitro groups is 1. The highest BCUT2D eigenvalue weighted by atomic mass is 35.5. The summed E-state index contributed by atoms with van der Waals surface area (Å²) in [5.41, 5.74) is -0.263. The molecule has 0 saturated carbocycles. The lowest BCUT2D eigenvalue weighted by Crippen LogP contribution is -2.15. The average Bonchev–Trinajstić information content (AvgIpc) is 2.88. The van der Waals surface area contributed by atoms with E-state index in [-0.39, 0.29) is 28.1 Å². The van der Waals surface area contributed by atoms with Crippen molar-refractivity contribution in [1.29, 1.82) is 0 Å². The molecule has 0 saturated heterocycles. The van der Waals surface area contributed by atoms with Gasteiger partial charge in [-0.1, -0.05) is 25.4 Å². The van der Waals surface area contributed by atoms with Crippen LogP contribution in [0.3, 0.4) is 0 Å². The lowest BCUT2D eigenvalue weighted by Gasteiger charge is -2.04. The molecule has 0 radical (unpaired) electrons. The molecule has 0 aliphatic rings. The van der Waals surface area contributed by atoms with E-state index in [4.69, 9.17) is 11.6 Å². The molecule has 1 amide bonds. The second-order valence-electron chi connectivity index (χ2n) is 4.57. The normalized spacial score (nSPS) is 10.7. The summed E-state index contributed by atoms with van der Waals surface area (Å²) in [5.74, 6) is -0.100. The van der Waals surface area contributed by atoms with E-state index >= 15 is 0 Å². The maximum absolute atomic E-state index is 12.0. The first-order valence-electron chi connectivity index (χ1n) is 6.06. The molecular formula is C12H12ClN5O3. The molecule has 8 nitrogen and oxygen atoms in total. The monoisotopic (exact) mass is 309 g/mol. The van der Waals surface area contributed by atoms with Gasteiger partial charge in [0.25, 0.3) is 11.6 Å². The van der Waals surface area contributed by atoms with E-state index in [1.165, 1.54) is 18.2 Å². The third-order valence-electron chi connectivity index (χ3n) is 2.66. The summed E-state index contributed by atoms with van der Waals surface area (Å²) >= 11 is 5.79. The molecule has 9 heteroatoms. The van der Waals surface area contributed by atoms with Gasteiger partial charge in [-0.3, -0.25) is 20.0 Å². The minimum Gasteiger partial charge on any atom is -0.313 e. The van der Waals surface area contributed by atoms with Gasteiger partial charge in [0.05, 0.1) is 4.92 Å². The minimum atomic E-state index is -0.650. The Morgan fingerprint density at radius 1 is 1.48 bits per heavy atom. The molecule has 0 fully saturated rings. The summed E-state index contributed by atoms with van der Waals surface area (Å²) in [4.78, 5) is 26.3. The fraction of sp³-hybridized carbons (Fsp3) is 0.250. The molecule has 0 atom stereocenters. The summed E-state index contributed by atoms with van der Waals surface area (Å²) in [6, 6.07) is 3.89. The van der Waals surface area contributed by atoms with Crippen LogP contribution in [0.4, 0.5) is 11.4 Å². The predicted molar refractivity (Wildman–Crippen MR) is 76.5 cm³/mol. The quantitative estimate of drug-likeness (QED) is 0.665. The molecule has 0 bridgehead atoms. The Morgan fingerprint density at radius 2 is 2.19 bits per heavy atom. The highest BCUT2D eigenvalue weighted by Gasteiger charge is 2.20. The molecule has 110 valence electrons. The van der Waals surface area contributed by atoms with Crippen LogP contribution in [0.5, 0.6) is 0 Å². The molecule has 2 rings (SSSR count). The zero-order valence-corrected chi connectivity index (χ0v) is 12.0. The van der Waals surface area contributed by atoms with Crippen LogP contribution in [0.2, 0.25) is 5.02 Å². The Bertz CT molecular complexity index is 698. The smallest absolute Gasteiger partial charge is 0.295 e. The lowest BCUT2D eigenvalue weighted by molar-refractivity contribution is -0.383. The van der Waals surface area contributed by atoms with E-state index in [0.29, 0.717) is 5.82 Å². The van der Waals surface area contributed by atoms with Crippen molar-refractivity contribution in [2.75, 3.05) is 5.32 Å². The number of nitrogens with one attached hydrogen (secondary N) is 2. The molecule has 2 N–H and O–H groups in total. The molecular weight excluding hydrogens is 298 g/mol. The number of nitrogens with zero attached hydrogens (tertiary/aromatic N) is 3. The van der Waals surface area contributed by atoms with Gasteiger partial charge in [0, 0.05) is 17.0 Å².